The standard InChI is InChI=1S/C16H17F3O4/c17-16(18,19)13(12-7-4-8-22-15(12)21)9-14(20)23-10-11-5-2-1-3-6-11/h1-3,5-6,12-13H,4,7-10H2/t12-,13-/m1/s1. The number of esters is 2. The first-order valence-electron chi connectivity index (χ1n) is 7.31. The molecule has 0 amide bonds. The fourth-order valence-electron chi connectivity index (χ4n) is 2.53. The number of benzene rings is 1. The average molecular weight is 330 g/mol. The van der Waals surface area contributed by atoms with Crippen molar-refractivity contribution in [2.45, 2.75) is 32.0 Å². The number of halogens is 3. The molecule has 0 spiro atoms. The normalized spacial score (nSPS) is 19.8. The molecule has 1 aliphatic rings. The first-order chi connectivity index (χ1) is 10.9. The van der Waals surface area contributed by atoms with Crippen molar-refractivity contribution in [2.24, 2.45) is 11.8 Å². The van der Waals surface area contributed by atoms with Gasteiger partial charge in [-0.05, 0) is 18.4 Å². The van der Waals surface area contributed by atoms with Crippen molar-refractivity contribution in [3.05, 3.63) is 35.9 Å². The molecule has 1 aromatic rings. The zero-order valence-corrected chi connectivity index (χ0v) is 12.3. The second kappa shape index (κ2) is 7.48. The summed E-state index contributed by atoms with van der Waals surface area (Å²) in [5.41, 5.74) is 0.682. The zero-order chi connectivity index (χ0) is 16.9. The first kappa shape index (κ1) is 17.3. The topological polar surface area (TPSA) is 52.6 Å². The van der Waals surface area contributed by atoms with Gasteiger partial charge in [0.15, 0.2) is 0 Å². The molecule has 1 aliphatic heterocycles. The molecule has 1 aromatic carbocycles. The van der Waals surface area contributed by atoms with Crippen molar-refractivity contribution >= 4 is 11.9 Å². The molecule has 23 heavy (non-hydrogen) atoms. The summed E-state index contributed by atoms with van der Waals surface area (Å²) in [5.74, 6) is -5.28. The zero-order valence-electron chi connectivity index (χ0n) is 12.3. The summed E-state index contributed by atoms with van der Waals surface area (Å²) in [7, 11) is 0. The Kier molecular flexibility index (Phi) is 5.63. The van der Waals surface area contributed by atoms with Crippen LogP contribution in [0.2, 0.25) is 0 Å². The Bertz CT molecular complexity index is 542. The number of rotatable bonds is 5. The average Bonchev–Trinajstić information content (AvgIpc) is 2.51. The predicted molar refractivity (Wildman–Crippen MR) is 74.1 cm³/mol. The summed E-state index contributed by atoms with van der Waals surface area (Å²) in [6.07, 6.45) is -5.11. The van der Waals surface area contributed by atoms with Gasteiger partial charge in [0.1, 0.15) is 6.61 Å². The third-order valence-electron chi connectivity index (χ3n) is 3.74. The van der Waals surface area contributed by atoms with Gasteiger partial charge in [0, 0.05) is 0 Å². The van der Waals surface area contributed by atoms with Crippen LogP contribution in [0.1, 0.15) is 24.8 Å². The molecule has 2 atom stereocenters. The van der Waals surface area contributed by atoms with Gasteiger partial charge in [-0.25, -0.2) is 0 Å². The van der Waals surface area contributed by atoms with E-state index in [1.54, 1.807) is 30.3 Å². The molecule has 0 aliphatic carbocycles. The van der Waals surface area contributed by atoms with E-state index in [0.29, 0.717) is 12.0 Å². The molecule has 0 aromatic heterocycles. The molecule has 7 heteroatoms. The Balaban J connectivity index is 1.97. The quantitative estimate of drug-likeness (QED) is 0.778. The molecule has 0 bridgehead atoms. The molecular formula is C16H17F3O4. The number of cyclic esters (lactones) is 1. The summed E-state index contributed by atoms with van der Waals surface area (Å²) in [4.78, 5) is 23.3. The molecular weight excluding hydrogens is 313 g/mol. The van der Waals surface area contributed by atoms with Gasteiger partial charge < -0.3 is 9.47 Å². The van der Waals surface area contributed by atoms with E-state index >= 15 is 0 Å². The van der Waals surface area contributed by atoms with Crippen LogP contribution in [0.5, 0.6) is 0 Å². The molecule has 2 rings (SSSR count). The van der Waals surface area contributed by atoms with E-state index in [1.807, 2.05) is 0 Å². The molecule has 4 nitrogen and oxygen atoms in total. The second-order valence-electron chi connectivity index (χ2n) is 5.41. The Labute approximate surface area is 131 Å². The van der Waals surface area contributed by atoms with Crippen LogP contribution >= 0.6 is 0 Å². The van der Waals surface area contributed by atoms with Gasteiger partial charge in [-0.15, -0.1) is 0 Å². The molecule has 1 saturated heterocycles. The van der Waals surface area contributed by atoms with Crippen LogP contribution in [0.25, 0.3) is 0 Å². The van der Waals surface area contributed by atoms with Crippen LogP contribution in [0.3, 0.4) is 0 Å². The fourth-order valence-corrected chi connectivity index (χ4v) is 2.53. The number of carbonyl (C=O) groups is 2. The smallest absolute Gasteiger partial charge is 0.393 e. The van der Waals surface area contributed by atoms with Crippen molar-refractivity contribution in [3.63, 3.8) is 0 Å². The van der Waals surface area contributed by atoms with Gasteiger partial charge in [-0.1, -0.05) is 30.3 Å². The lowest BCUT2D eigenvalue weighted by atomic mass is 9.84. The SMILES string of the molecule is O=C(C[C@H]([C@H]1CCCOC1=O)C(F)(F)F)OCc1ccccc1. The van der Waals surface area contributed by atoms with E-state index in [-0.39, 0.29) is 19.6 Å². The van der Waals surface area contributed by atoms with Crippen LogP contribution in [-0.4, -0.2) is 24.7 Å². The minimum absolute atomic E-state index is 0.0645. The third-order valence-corrected chi connectivity index (χ3v) is 3.74. The third kappa shape index (κ3) is 4.97. The predicted octanol–water partition coefficient (Wildman–Crippen LogP) is 3.25. The molecule has 0 saturated carbocycles. The van der Waals surface area contributed by atoms with E-state index in [4.69, 9.17) is 4.74 Å². The van der Waals surface area contributed by atoms with Gasteiger partial charge in [-0.3, -0.25) is 9.59 Å². The monoisotopic (exact) mass is 330 g/mol. The number of carbonyl (C=O) groups excluding carboxylic acids is 2. The van der Waals surface area contributed by atoms with Crippen molar-refractivity contribution in [1.29, 1.82) is 0 Å². The van der Waals surface area contributed by atoms with Crippen LogP contribution in [0, 0.1) is 11.8 Å². The maximum absolute atomic E-state index is 13.2. The Morgan fingerprint density at radius 2 is 2.00 bits per heavy atom. The van der Waals surface area contributed by atoms with E-state index < -0.39 is 36.4 Å². The minimum atomic E-state index is -4.66. The van der Waals surface area contributed by atoms with Gasteiger partial charge in [-0.2, -0.15) is 13.2 Å². The van der Waals surface area contributed by atoms with Gasteiger partial charge in [0.2, 0.25) is 0 Å². The summed E-state index contributed by atoms with van der Waals surface area (Å²) in [6, 6.07) is 8.65. The minimum Gasteiger partial charge on any atom is -0.465 e. The maximum atomic E-state index is 13.2. The summed E-state index contributed by atoms with van der Waals surface area (Å²) in [6.45, 7) is 0.0255. The first-order valence-corrected chi connectivity index (χ1v) is 7.31. The molecule has 0 radical (unpaired) electrons. The summed E-state index contributed by atoms with van der Waals surface area (Å²) < 4.78 is 49.1. The van der Waals surface area contributed by atoms with Crippen LogP contribution in [-0.2, 0) is 25.7 Å². The fraction of sp³-hybridized carbons (Fsp3) is 0.500. The highest BCUT2D eigenvalue weighted by Crippen LogP contribution is 2.39. The van der Waals surface area contributed by atoms with Gasteiger partial charge in [0.05, 0.1) is 24.9 Å². The summed E-state index contributed by atoms with van der Waals surface area (Å²) >= 11 is 0. The van der Waals surface area contributed by atoms with Crippen LogP contribution in [0.4, 0.5) is 13.2 Å². The highest BCUT2D eigenvalue weighted by molar-refractivity contribution is 5.76. The van der Waals surface area contributed by atoms with E-state index in [0.717, 1.165) is 0 Å². The van der Waals surface area contributed by atoms with Crippen molar-refractivity contribution in [3.8, 4) is 0 Å². The van der Waals surface area contributed by atoms with Gasteiger partial charge in [0.25, 0.3) is 0 Å². The van der Waals surface area contributed by atoms with Crippen molar-refractivity contribution in [1.82, 2.24) is 0 Å². The maximum Gasteiger partial charge on any atom is 0.393 e. The largest absolute Gasteiger partial charge is 0.465 e. The van der Waals surface area contributed by atoms with E-state index in [9.17, 15) is 22.8 Å². The van der Waals surface area contributed by atoms with E-state index in [2.05, 4.69) is 4.74 Å². The van der Waals surface area contributed by atoms with Crippen molar-refractivity contribution < 1.29 is 32.2 Å². The second-order valence-corrected chi connectivity index (χ2v) is 5.41. The van der Waals surface area contributed by atoms with Crippen LogP contribution < -0.4 is 0 Å². The Morgan fingerprint density at radius 1 is 1.30 bits per heavy atom. The molecule has 1 heterocycles. The van der Waals surface area contributed by atoms with E-state index in [1.165, 1.54) is 0 Å². The number of ether oxygens (including phenoxy) is 2. The highest BCUT2D eigenvalue weighted by Gasteiger charge is 2.49. The number of hydrogen-bond acceptors (Lipinski definition) is 4. The number of alkyl halides is 3. The lowest BCUT2D eigenvalue weighted by molar-refractivity contribution is -0.208. The molecule has 0 N–H and O–H groups in total. The van der Waals surface area contributed by atoms with Crippen molar-refractivity contribution in [2.75, 3.05) is 6.61 Å². The molecule has 1 fully saturated rings. The lowest BCUT2D eigenvalue weighted by Gasteiger charge is -2.29. The molecule has 126 valence electrons. The highest BCUT2D eigenvalue weighted by atomic mass is 19.4. The lowest BCUT2D eigenvalue weighted by Crippen LogP contribution is -2.39. The summed E-state index contributed by atoms with van der Waals surface area (Å²) in [5, 5.41) is 0. The molecule has 0 unspecified atom stereocenters. The van der Waals surface area contributed by atoms with Gasteiger partial charge >= 0.3 is 18.1 Å². The van der Waals surface area contributed by atoms with Crippen LogP contribution in [0.15, 0.2) is 30.3 Å². The Morgan fingerprint density at radius 3 is 2.61 bits per heavy atom. The number of hydrogen-bond donors (Lipinski definition) is 0. The Hall–Kier alpha value is -2.05.